The second kappa shape index (κ2) is 5.05. The number of ketones is 1. The Balaban J connectivity index is 1.99. The third-order valence-corrected chi connectivity index (χ3v) is 3.68. The van der Waals surface area contributed by atoms with Gasteiger partial charge < -0.3 is 4.57 Å². The minimum absolute atomic E-state index is 0.248. The zero-order valence-corrected chi connectivity index (χ0v) is 11.0. The monoisotopic (exact) mass is 234 g/mol. The molecule has 3 nitrogen and oxygen atoms in total. The van der Waals surface area contributed by atoms with Gasteiger partial charge in [0.2, 0.25) is 0 Å². The highest BCUT2D eigenvalue weighted by atomic mass is 16.1. The van der Waals surface area contributed by atoms with E-state index in [1.165, 1.54) is 12.8 Å². The van der Waals surface area contributed by atoms with Gasteiger partial charge in [-0.1, -0.05) is 13.8 Å². The molecule has 0 radical (unpaired) electrons. The molecule has 1 aliphatic heterocycles. The predicted molar refractivity (Wildman–Crippen MR) is 69.2 cm³/mol. The molecule has 1 unspecified atom stereocenters. The average molecular weight is 234 g/mol. The molecule has 1 aromatic heterocycles. The normalized spacial score (nSPS) is 21.3. The molecule has 17 heavy (non-hydrogen) atoms. The Morgan fingerprint density at radius 3 is 2.88 bits per heavy atom. The summed E-state index contributed by atoms with van der Waals surface area (Å²) in [5.41, 5.74) is 0.835. The van der Waals surface area contributed by atoms with Crippen LogP contribution in [0.25, 0.3) is 0 Å². The van der Waals surface area contributed by atoms with E-state index in [1.807, 2.05) is 30.1 Å². The van der Waals surface area contributed by atoms with Gasteiger partial charge in [0.05, 0.1) is 6.54 Å². The fraction of sp³-hybridized carbons (Fsp3) is 0.643. The summed E-state index contributed by atoms with van der Waals surface area (Å²) in [6.07, 6.45) is 6.30. The SMILES string of the molecule is CC(C)C1CCCN1CC(=O)c1ccn(C)c1. The van der Waals surface area contributed by atoms with Crippen LogP contribution in [0.1, 0.15) is 37.0 Å². The number of rotatable bonds is 4. The maximum atomic E-state index is 12.1. The highest BCUT2D eigenvalue weighted by molar-refractivity contribution is 5.97. The number of hydrogen-bond acceptors (Lipinski definition) is 2. The number of hydrogen-bond donors (Lipinski definition) is 0. The Hall–Kier alpha value is -1.09. The Morgan fingerprint density at radius 2 is 2.29 bits per heavy atom. The number of nitrogens with zero attached hydrogens (tertiary/aromatic N) is 2. The van der Waals surface area contributed by atoms with E-state index in [0.717, 1.165) is 12.1 Å². The first kappa shape index (κ1) is 12.4. The van der Waals surface area contributed by atoms with Crippen LogP contribution in [-0.4, -0.2) is 34.4 Å². The lowest BCUT2D eigenvalue weighted by Gasteiger charge is -2.26. The summed E-state index contributed by atoms with van der Waals surface area (Å²) >= 11 is 0. The van der Waals surface area contributed by atoms with Gasteiger partial charge in [0.15, 0.2) is 5.78 Å². The third-order valence-electron chi connectivity index (χ3n) is 3.68. The van der Waals surface area contributed by atoms with Crippen molar-refractivity contribution in [2.24, 2.45) is 13.0 Å². The summed E-state index contributed by atoms with van der Waals surface area (Å²) in [6, 6.07) is 2.49. The zero-order valence-electron chi connectivity index (χ0n) is 11.0. The lowest BCUT2D eigenvalue weighted by atomic mass is 10.0. The molecule has 1 saturated heterocycles. The van der Waals surface area contributed by atoms with Gasteiger partial charge >= 0.3 is 0 Å². The Labute approximate surface area is 103 Å². The first-order valence-electron chi connectivity index (χ1n) is 6.47. The molecule has 2 heterocycles. The van der Waals surface area contributed by atoms with Crippen LogP contribution in [0.15, 0.2) is 18.5 Å². The van der Waals surface area contributed by atoms with Crippen molar-refractivity contribution in [1.29, 1.82) is 0 Å². The van der Waals surface area contributed by atoms with Crippen LogP contribution in [0.4, 0.5) is 0 Å². The van der Waals surface area contributed by atoms with Crippen molar-refractivity contribution in [2.45, 2.75) is 32.7 Å². The molecule has 0 spiro atoms. The van der Waals surface area contributed by atoms with Gasteiger partial charge in [-0.3, -0.25) is 9.69 Å². The van der Waals surface area contributed by atoms with Crippen LogP contribution in [-0.2, 0) is 7.05 Å². The van der Waals surface area contributed by atoms with E-state index in [0.29, 0.717) is 18.5 Å². The quantitative estimate of drug-likeness (QED) is 0.747. The number of Topliss-reactive ketones (excluding diaryl/α,β-unsaturated/α-hetero) is 1. The highest BCUT2D eigenvalue weighted by Crippen LogP contribution is 2.23. The molecule has 3 heteroatoms. The molecular weight excluding hydrogens is 212 g/mol. The summed E-state index contributed by atoms with van der Waals surface area (Å²) in [5, 5.41) is 0. The van der Waals surface area contributed by atoms with Gasteiger partial charge in [0.1, 0.15) is 0 Å². The summed E-state index contributed by atoms with van der Waals surface area (Å²) in [5.74, 6) is 0.888. The van der Waals surface area contributed by atoms with Crippen molar-refractivity contribution in [3.05, 3.63) is 24.0 Å². The predicted octanol–water partition coefficient (Wildman–Crippen LogP) is 2.33. The van der Waals surface area contributed by atoms with Crippen molar-refractivity contribution >= 4 is 5.78 Å². The van der Waals surface area contributed by atoms with E-state index in [9.17, 15) is 4.79 Å². The van der Waals surface area contributed by atoms with E-state index in [4.69, 9.17) is 0 Å². The van der Waals surface area contributed by atoms with E-state index in [-0.39, 0.29) is 5.78 Å². The number of likely N-dealkylation sites (tertiary alicyclic amines) is 1. The molecule has 94 valence electrons. The zero-order chi connectivity index (χ0) is 12.4. The third kappa shape index (κ3) is 2.78. The van der Waals surface area contributed by atoms with Crippen LogP contribution in [0.2, 0.25) is 0 Å². The van der Waals surface area contributed by atoms with Gasteiger partial charge in [-0.05, 0) is 31.4 Å². The smallest absolute Gasteiger partial charge is 0.178 e. The number of aryl methyl sites for hydroxylation is 1. The van der Waals surface area contributed by atoms with Crippen LogP contribution >= 0.6 is 0 Å². The van der Waals surface area contributed by atoms with Crippen LogP contribution < -0.4 is 0 Å². The highest BCUT2D eigenvalue weighted by Gasteiger charge is 2.28. The minimum atomic E-state index is 0.248. The molecule has 2 rings (SSSR count). The molecule has 1 atom stereocenters. The molecule has 1 aliphatic rings. The lowest BCUT2D eigenvalue weighted by molar-refractivity contribution is 0.0904. The molecule has 0 bridgehead atoms. The Kier molecular flexibility index (Phi) is 3.67. The summed E-state index contributed by atoms with van der Waals surface area (Å²) in [4.78, 5) is 14.5. The Bertz CT molecular complexity index is 395. The van der Waals surface area contributed by atoms with Crippen molar-refractivity contribution in [1.82, 2.24) is 9.47 Å². The van der Waals surface area contributed by atoms with Crippen LogP contribution in [0, 0.1) is 5.92 Å². The largest absolute Gasteiger partial charge is 0.357 e. The number of aromatic nitrogens is 1. The summed E-state index contributed by atoms with van der Waals surface area (Å²) in [7, 11) is 1.95. The van der Waals surface area contributed by atoms with E-state index in [1.54, 1.807) is 0 Å². The van der Waals surface area contributed by atoms with Gasteiger partial charge in [-0.15, -0.1) is 0 Å². The number of carbonyl (C=O) groups excluding carboxylic acids is 1. The fourth-order valence-corrected chi connectivity index (χ4v) is 2.75. The second-order valence-electron chi connectivity index (χ2n) is 5.41. The van der Waals surface area contributed by atoms with Crippen LogP contribution in [0.3, 0.4) is 0 Å². The van der Waals surface area contributed by atoms with Gasteiger partial charge in [0.25, 0.3) is 0 Å². The van der Waals surface area contributed by atoms with Crippen molar-refractivity contribution in [3.63, 3.8) is 0 Å². The Morgan fingerprint density at radius 1 is 1.53 bits per heavy atom. The minimum Gasteiger partial charge on any atom is -0.357 e. The molecule has 0 aromatic carbocycles. The van der Waals surface area contributed by atoms with Crippen LogP contribution in [0.5, 0.6) is 0 Å². The van der Waals surface area contributed by atoms with E-state index in [2.05, 4.69) is 18.7 Å². The molecule has 0 amide bonds. The fourth-order valence-electron chi connectivity index (χ4n) is 2.75. The molecule has 0 N–H and O–H groups in total. The van der Waals surface area contributed by atoms with Gasteiger partial charge in [-0.25, -0.2) is 0 Å². The topological polar surface area (TPSA) is 25.2 Å². The summed E-state index contributed by atoms with van der Waals surface area (Å²) < 4.78 is 1.93. The van der Waals surface area contributed by atoms with E-state index >= 15 is 0 Å². The van der Waals surface area contributed by atoms with Crippen molar-refractivity contribution in [2.75, 3.05) is 13.1 Å². The summed E-state index contributed by atoms with van der Waals surface area (Å²) in [6.45, 7) is 6.14. The standard InChI is InChI=1S/C14H22N2O/c1-11(2)13-5-4-7-16(13)10-14(17)12-6-8-15(3)9-12/h6,8-9,11,13H,4-5,7,10H2,1-3H3. The molecular formula is C14H22N2O. The van der Waals surface area contributed by atoms with Gasteiger partial charge in [0, 0.05) is 31.0 Å². The average Bonchev–Trinajstić information content (AvgIpc) is 2.86. The van der Waals surface area contributed by atoms with Crippen molar-refractivity contribution in [3.8, 4) is 0 Å². The first-order valence-corrected chi connectivity index (χ1v) is 6.47. The molecule has 0 saturated carbocycles. The first-order chi connectivity index (χ1) is 8.08. The maximum absolute atomic E-state index is 12.1. The lowest BCUT2D eigenvalue weighted by Crippen LogP contribution is -2.37. The molecule has 1 aromatic rings. The van der Waals surface area contributed by atoms with Crippen molar-refractivity contribution < 1.29 is 4.79 Å². The molecule has 0 aliphatic carbocycles. The molecule has 1 fully saturated rings. The maximum Gasteiger partial charge on any atom is 0.178 e. The second-order valence-corrected chi connectivity index (χ2v) is 5.41. The van der Waals surface area contributed by atoms with Gasteiger partial charge in [-0.2, -0.15) is 0 Å². The van der Waals surface area contributed by atoms with E-state index < -0.39 is 0 Å². The number of carbonyl (C=O) groups is 1.